The molecule has 1 aliphatic heterocycles. The molecule has 0 aromatic heterocycles. The third-order valence-electron chi connectivity index (χ3n) is 4.34. The molecule has 0 radical (unpaired) electrons. The maximum atomic E-state index is 12.5. The Morgan fingerprint density at radius 2 is 2.00 bits per heavy atom. The molecule has 1 unspecified atom stereocenters. The van der Waals surface area contributed by atoms with Crippen LogP contribution in [0.3, 0.4) is 0 Å². The SMILES string of the molecule is CC(C)(C)OC(=O)N1CCCCC1CNc1ccc(N/N=C(\C#N)C(=N)N)cc1. The van der Waals surface area contributed by atoms with Gasteiger partial charge in [0.05, 0.1) is 11.7 Å². The number of nitrogens with zero attached hydrogens (tertiary/aromatic N) is 3. The van der Waals surface area contributed by atoms with Gasteiger partial charge in [-0.25, -0.2) is 4.79 Å². The number of hydrogen-bond donors (Lipinski definition) is 4. The first-order valence-corrected chi connectivity index (χ1v) is 9.61. The zero-order valence-electron chi connectivity index (χ0n) is 17.2. The Hall–Kier alpha value is -3.28. The van der Waals surface area contributed by atoms with Gasteiger partial charge in [-0.2, -0.15) is 10.4 Å². The van der Waals surface area contributed by atoms with Crippen LogP contribution in [0.4, 0.5) is 16.2 Å². The van der Waals surface area contributed by atoms with Crippen LogP contribution in [0.25, 0.3) is 0 Å². The molecule has 1 heterocycles. The van der Waals surface area contributed by atoms with E-state index in [4.69, 9.17) is 21.1 Å². The predicted octanol–water partition coefficient (Wildman–Crippen LogP) is 3.12. The highest BCUT2D eigenvalue weighted by Gasteiger charge is 2.30. The van der Waals surface area contributed by atoms with Crippen LogP contribution in [0.1, 0.15) is 40.0 Å². The van der Waals surface area contributed by atoms with Gasteiger partial charge in [0.25, 0.3) is 0 Å². The first-order chi connectivity index (χ1) is 13.7. The monoisotopic (exact) mass is 399 g/mol. The molecule has 1 atom stereocenters. The van der Waals surface area contributed by atoms with Crippen molar-refractivity contribution in [3.05, 3.63) is 24.3 Å². The van der Waals surface area contributed by atoms with Crippen LogP contribution < -0.4 is 16.5 Å². The van der Waals surface area contributed by atoms with Crippen molar-refractivity contribution in [3.63, 3.8) is 0 Å². The van der Waals surface area contributed by atoms with Crippen molar-refractivity contribution in [1.29, 1.82) is 10.7 Å². The van der Waals surface area contributed by atoms with Gasteiger partial charge in [0.15, 0.2) is 5.84 Å². The molecule has 0 spiro atoms. The number of amidine groups is 1. The van der Waals surface area contributed by atoms with Crippen LogP contribution in [0.5, 0.6) is 0 Å². The number of hydrogen-bond acceptors (Lipinski definition) is 7. The Morgan fingerprint density at radius 3 is 2.59 bits per heavy atom. The van der Waals surface area contributed by atoms with E-state index in [-0.39, 0.29) is 23.7 Å². The zero-order valence-corrected chi connectivity index (χ0v) is 17.2. The standard InChI is InChI=1S/C20H29N7O2/c1-20(2,3)29-19(28)27-11-5-4-6-16(27)13-24-14-7-9-15(10-8-14)25-26-17(12-21)18(22)23/h7-10,16,24-25H,4-6,11,13H2,1-3H3,(H3,22,23)/b26-17+. The summed E-state index contributed by atoms with van der Waals surface area (Å²) < 4.78 is 5.54. The second-order valence-electron chi connectivity index (χ2n) is 7.88. The lowest BCUT2D eigenvalue weighted by Crippen LogP contribution is -2.48. The average molecular weight is 399 g/mol. The molecule has 1 aromatic carbocycles. The van der Waals surface area contributed by atoms with Crippen molar-refractivity contribution >= 4 is 29.0 Å². The topological polar surface area (TPSA) is 140 Å². The molecule has 1 amide bonds. The van der Waals surface area contributed by atoms with E-state index < -0.39 is 5.60 Å². The normalized spacial score (nSPS) is 17.2. The maximum absolute atomic E-state index is 12.5. The van der Waals surface area contributed by atoms with E-state index in [0.717, 1.165) is 24.9 Å². The van der Waals surface area contributed by atoms with Gasteiger partial charge in [0, 0.05) is 18.8 Å². The summed E-state index contributed by atoms with van der Waals surface area (Å²) in [5.41, 5.74) is 8.84. The second-order valence-corrected chi connectivity index (χ2v) is 7.88. The van der Waals surface area contributed by atoms with Gasteiger partial charge in [-0.1, -0.05) is 0 Å². The quantitative estimate of drug-likeness (QED) is 0.329. The number of carbonyl (C=O) groups is 1. The fourth-order valence-electron chi connectivity index (χ4n) is 2.94. The molecule has 1 aromatic rings. The molecule has 9 nitrogen and oxygen atoms in total. The fourth-order valence-corrected chi connectivity index (χ4v) is 2.94. The Bertz CT molecular complexity index is 791. The lowest BCUT2D eigenvalue weighted by atomic mass is 10.0. The van der Waals surface area contributed by atoms with Crippen LogP contribution in [0, 0.1) is 16.7 Å². The van der Waals surface area contributed by atoms with E-state index in [2.05, 4.69) is 15.8 Å². The number of nitrogens with two attached hydrogens (primary N) is 1. The zero-order chi connectivity index (χ0) is 21.4. The highest BCUT2D eigenvalue weighted by atomic mass is 16.6. The van der Waals surface area contributed by atoms with E-state index in [1.165, 1.54) is 0 Å². The van der Waals surface area contributed by atoms with Gasteiger partial charge in [-0.05, 0) is 64.3 Å². The van der Waals surface area contributed by atoms with E-state index in [1.54, 1.807) is 18.2 Å². The summed E-state index contributed by atoms with van der Waals surface area (Å²) in [7, 11) is 0. The van der Waals surface area contributed by atoms with Crippen molar-refractivity contribution in [2.75, 3.05) is 23.8 Å². The minimum atomic E-state index is -0.508. The number of benzene rings is 1. The van der Waals surface area contributed by atoms with Gasteiger partial charge in [-0.15, -0.1) is 0 Å². The van der Waals surface area contributed by atoms with Crippen LogP contribution in [0.15, 0.2) is 29.4 Å². The summed E-state index contributed by atoms with van der Waals surface area (Å²) in [4.78, 5) is 14.3. The molecule has 0 saturated carbocycles. The van der Waals surface area contributed by atoms with Crippen LogP contribution in [0.2, 0.25) is 0 Å². The summed E-state index contributed by atoms with van der Waals surface area (Å²) in [6.07, 6.45) is 2.74. The number of nitrogens with one attached hydrogen (secondary N) is 3. The number of anilines is 2. The summed E-state index contributed by atoms with van der Waals surface area (Å²) in [6.45, 7) is 6.96. The van der Waals surface area contributed by atoms with Gasteiger partial charge in [0.1, 0.15) is 11.7 Å². The van der Waals surface area contributed by atoms with Crippen molar-refractivity contribution in [2.45, 2.75) is 51.7 Å². The lowest BCUT2D eigenvalue weighted by Gasteiger charge is -2.37. The number of carbonyl (C=O) groups excluding carboxylic acids is 1. The minimum absolute atomic E-state index is 0.0785. The third kappa shape index (κ3) is 6.99. The Balaban J connectivity index is 1.93. The fraction of sp³-hybridized carbons (Fsp3) is 0.500. The number of piperidine rings is 1. The number of rotatable bonds is 6. The maximum Gasteiger partial charge on any atom is 0.410 e. The average Bonchev–Trinajstić information content (AvgIpc) is 2.66. The number of hydrazone groups is 1. The van der Waals surface area contributed by atoms with E-state index in [9.17, 15) is 4.79 Å². The third-order valence-corrected chi connectivity index (χ3v) is 4.34. The molecule has 2 rings (SSSR count). The van der Waals surface area contributed by atoms with Crippen LogP contribution in [-0.4, -0.2) is 47.3 Å². The predicted molar refractivity (Wildman–Crippen MR) is 114 cm³/mol. The first-order valence-electron chi connectivity index (χ1n) is 9.61. The first kappa shape index (κ1) is 22.0. The number of ether oxygens (including phenoxy) is 1. The molecule has 0 bridgehead atoms. The molecule has 29 heavy (non-hydrogen) atoms. The Labute approximate surface area is 171 Å². The highest BCUT2D eigenvalue weighted by molar-refractivity contribution is 6.45. The molecule has 1 aliphatic rings. The summed E-state index contributed by atoms with van der Waals surface area (Å²) in [5.74, 6) is -0.389. The molecule has 0 aliphatic carbocycles. The van der Waals surface area contributed by atoms with Crippen molar-refractivity contribution in [2.24, 2.45) is 10.8 Å². The molecule has 1 saturated heterocycles. The van der Waals surface area contributed by atoms with E-state index in [0.29, 0.717) is 18.8 Å². The Morgan fingerprint density at radius 1 is 1.34 bits per heavy atom. The van der Waals surface area contributed by atoms with Crippen LogP contribution >= 0.6 is 0 Å². The molecule has 9 heteroatoms. The van der Waals surface area contributed by atoms with Gasteiger partial charge < -0.3 is 20.7 Å². The second kappa shape index (κ2) is 9.78. The largest absolute Gasteiger partial charge is 0.444 e. The summed E-state index contributed by atoms with van der Waals surface area (Å²) in [6, 6.07) is 9.17. The van der Waals surface area contributed by atoms with Crippen molar-refractivity contribution < 1.29 is 9.53 Å². The lowest BCUT2D eigenvalue weighted by molar-refractivity contribution is 0.0114. The van der Waals surface area contributed by atoms with Crippen molar-refractivity contribution in [1.82, 2.24) is 4.90 Å². The van der Waals surface area contributed by atoms with Gasteiger partial charge >= 0.3 is 6.09 Å². The molecular formula is C20H29N7O2. The summed E-state index contributed by atoms with van der Waals surface area (Å²) in [5, 5.41) is 23.2. The summed E-state index contributed by atoms with van der Waals surface area (Å²) >= 11 is 0. The molecular weight excluding hydrogens is 370 g/mol. The van der Waals surface area contributed by atoms with E-state index >= 15 is 0 Å². The van der Waals surface area contributed by atoms with Gasteiger partial charge in [0.2, 0.25) is 5.71 Å². The number of amides is 1. The molecule has 156 valence electrons. The molecule has 5 N–H and O–H groups in total. The number of nitriles is 1. The smallest absolute Gasteiger partial charge is 0.410 e. The minimum Gasteiger partial charge on any atom is -0.444 e. The van der Waals surface area contributed by atoms with Crippen LogP contribution in [-0.2, 0) is 4.74 Å². The van der Waals surface area contributed by atoms with E-state index in [1.807, 2.05) is 37.8 Å². The molecule has 1 fully saturated rings. The number of likely N-dealkylation sites (tertiary alicyclic amines) is 1. The Kier molecular flexibility index (Phi) is 7.42. The van der Waals surface area contributed by atoms with Gasteiger partial charge in [-0.3, -0.25) is 10.8 Å². The highest BCUT2D eigenvalue weighted by Crippen LogP contribution is 2.21. The van der Waals surface area contributed by atoms with Crippen molar-refractivity contribution in [3.8, 4) is 6.07 Å².